The van der Waals surface area contributed by atoms with Gasteiger partial charge in [-0.05, 0) is 25.7 Å². The van der Waals surface area contributed by atoms with Crippen LogP contribution in [0, 0.1) is 0 Å². The third-order valence-electron chi connectivity index (χ3n) is 2.63. The first-order valence-corrected chi connectivity index (χ1v) is 6.25. The molecule has 2 N–H and O–H groups in total. The van der Waals surface area contributed by atoms with Crippen molar-refractivity contribution >= 4 is 22.2 Å². The Bertz CT molecular complexity index is 233. The second-order valence-electron chi connectivity index (χ2n) is 3.49. The first-order chi connectivity index (χ1) is 5.56. The van der Waals surface area contributed by atoms with Gasteiger partial charge in [0.15, 0.2) is 9.84 Å². The van der Waals surface area contributed by atoms with Crippen molar-refractivity contribution in [3.8, 4) is 0 Å². The summed E-state index contributed by atoms with van der Waals surface area (Å²) < 4.78 is 22.8. The minimum absolute atomic E-state index is 0. The Labute approximate surface area is 86.4 Å². The standard InChI is InChI=1S/C8H17NO2S.ClH/c1-2-12(10,11)8-5-3-7(9)4-6-8;/h7-8H,2-6,9H2,1H3;1H. The molecule has 0 atom stereocenters. The number of nitrogens with two attached hydrogens (primary N) is 1. The Balaban J connectivity index is 0.00000144. The lowest BCUT2D eigenvalue weighted by Gasteiger charge is -2.25. The molecule has 1 saturated carbocycles. The monoisotopic (exact) mass is 227 g/mol. The van der Waals surface area contributed by atoms with Gasteiger partial charge in [0.25, 0.3) is 0 Å². The highest BCUT2D eigenvalue weighted by Gasteiger charge is 2.27. The van der Waals surface area contributed by atoms with Gasteiger partial charge in [-0.1, -0.05) is 6.92 Å². The maximum absolute atomic E-state index is 11.4. The van der Waals surface area contributed by atoms with Gasteiger partial charge < -0.3 is 5.73 Å². The molecule has 0 spiro atoms. The molecule has 0 aliphatic heterocycles. The van der Waals surface area contributed by atoms with E-state index in [4.69, 9.17) is 5.73 Å². The minimum Gasteiger partial charge on any atom is -0.328 e. The van der Waals surface area contributed by atoms with Crippen LogP contribution in [0.3, 0.4) is 0 Å². The summed E-state index contributed by atoms with van der Waals surface area (Å²) >= 11 is 0. The van der Waals surface area contributed by atoms with Crippen LogP contribution in [0.1, 0.15) is 32.6 Å². The molecule has 0 radical (unpaired) electrons. The Morgan fingerprint density at radius 1 is 1.23 bits per heavy atom. The number of sulfone groups is 1. The molecule has 0 aromatic heterocycles. The van der Waals surface area contributed by atoms with Crippen molar-refractivity contribution in [2.75, 3.05) is 5.75 Å². The van der Waals surface area contributed by atoms with Crippen LogP contribution in [-0.4, -0.2) is 25.5 Å². The molecule has 1 aliphatic carbocycles. The molecule has 3 nitrogen and oxygen atoms in total. The zero-order chi connectivity index (χ0) is 9.19. The van der Waals surface area contributed by atoms with Gasteiger partial charge in [-0.15, -0.1) is 12.4 Å². The first kappa shape index (κ1) is 13.2. The van der Waals surface area contributed by atoms with Crippen molar-refractivity contribution in [3.05, 3.63) is 0 Å². The molecule has 1 aliphatic rings. The fraction of sp³-hybridized carbons (Fsp3) is 1.00. The lowest BCUT2D eigenvalue weighted by Crippen LogP contribution is -2.33. The van der Waals surface area contributed by atoms with E-state index >= 15 is 0 Å². The summed E-state index contributed by atoms with van der Waals surface area (Å²) in [6.07, 6.45) is 3.25. The van der Waals surface area contributed by atoms with Crippen LogP contribution in [0.15, 0.2) is 0 Å². The van der Waals surface area contributed by atoms with Gasteiger partial charge in [0.05, 0.1) is 5.25 Å². The summed E-state index contributed by atoms with van der Waals surface area (Å²) in [5, 5.41) is -0.109. The van der Waals surface area contributed by atoms with Crippen LogP contribution in [0.5, 0.6) is 0 Å². The van der Waals surface area contributed by atoms with Crippen molar-refractivity contribution < 1.29 is 8.42 Å². The summed E-state index contributed by atoms with van der Waals surface area (Å²) in [6.45, 7) is 1.71. The summed E-state index contributed by atoms with van der Waals surface area (Å²) in [5.41, 5.74) is 5.69. The van der Waals surface area contributed by atoms with Crippen molar-refractivity contribution in [2.45, 2.75) is 43.9 Å². The maximum Gasteiger partial charge on any atom is 0.152 e. The van der Waals surface area contributed by atoms with Crippen molar-refractivity contribution in [1.29, 1.82) is 0 Å². The zero-order valence-corrected chi connectivity index (χ0v) is 9.53. The van der Waals surface area contributed by atoms with Gasteiger partial charge in [-0.3, -0.25) is 0 Å². The zero-order valence-electron chi connectivity index (χ0n) is 7.90. The molecule has 0 aromatic rings. The predicted octanol–water partition coefficient (Wildman–Crippen LogP) is 1.11. The molecule has 0 saturated heterocycles. The van der Waals surface area contributed by atoms with Crippen LogP contribution >= 0.6 is 12.4 Å². The number of hydrogen-bond acceptors (Lipinski definition) is 3. The molecule has 0 aromatic carbocycles. The molecular weight excluding hydrogens is 210 g/mol. The van der Waals surface area contributed by atoms with E-state index in [-0.39, 0.29) is 29.5 Å². The molecule has 0 unspecified atom stereocenters. The lowest BCUT2D eigenvalue weighted by molar-refractivity contribution is 0.434. The number of hydrogen-bond donors (Lipinski definition) is 1. The Morgan fingerprint density at radius 3 is 2.08 bits per heavy atom. The van der Waals surface area contributed by atoms with Gasteiger partial charge in [-0.25, -0.2) is 8.42 Å². The van der Waals surface area contributed by atoms with Gasteiger partial charge in [0, 0.05) is 11.8 Å². The van der Waals surface area contributed by atoms with Crippen molar-refractivity contribution in [1.82, 2.24) is 0 Å². The fourth-order valence-corrected chi connectivity index (χ4v) is 3.15. The predicted molar refractivity (Wildman–Crippen MR) is 56.9 cm³/mol. The van der Waals surface area contributed by atoms with Crippen LogP contribution in [0.25, 0.3) is 0 Å². The van der Waals surface area contributed by atoms with Gasteiger partial charge in [-0.2, -0.15) is 0 Å². The largest absolute Gasteiger partial charge is 0.328 e. The number of halogens is 1. The molecule has 5 heteroatoms. The van der Waals surface area contributed by atoms with Crippen molar-refractivity contribution in [3.63, 3.8) is 0 Å². The Morgan fingerprint density at radius 2 is 1.69 bits per heavy atom. The van der Waals surface area contributed by atoms with E-state index in [9.17, 15) is 8.42 Å². The quantitative estimate of drug-likeness (QED) is 0.769. The molecule has 0 amide bonds. The third kappa shape index (κ3) is 3.44. The van der Waals surface area contributed by atoms with Crippen LogP contribution in [0.4, 0.5) is 0 Å². The van der Waals surface area contributed by atoms with Crippen LogP contribution in [0.2, 0.25) is 0 Å². The summed E-state index contributed by atoms with van der Waals surface area (Å²) in [4.78, 5) is 0. The van der Waals surface area contributed by atoms with E-state index in [1.807, 2.05) is 0 Å². The van der Waals surface area contributed by atoms with E-state index in [1.54, 1.807) is 6.92 Å². The molecule has 0 bridgehead atoms. The van der Waals surface area contributed by atoms with E-state index in [0.29, 0.717) is 0 Å². The maximum atomic E-state index is 11.4. The van der Waals surface area contributed by atoms with E-state index < -0.39 is 9.84 Å². The highest BCUT2D eigenvalue weighted by atomic mass is 35.5. The Hall–Kier alpha value is 0.200. The topological polar surface area (TPSA) is 60.2 Å². The summed E-state index contributed by atoms with van der Waals surface area (Å²) in [7, 11) is -2.80. The SMILES string of the molecule is CCS(=O)(=O)C1CCC(N)CC1.Cl. The number of rotatable bonds is 2. The van der Waals surface area contributed by atoms with Crippen LogP contribution < -0.4 is 5.73 Å². The normalized spacial score (nSPS) is 29.4. The third-order valence-corrected chi connectivity index (χ3v) is 4.92. The second kappa shape index (κ2) is 5.17. The first-order valence-electron chi connectivity index (χ1n) is 4.53. The highest BCUT2D eigenvalue weighted by molar-refractivity contribution is 7.92. The average Bonchev–Trinajstić information content (AvgIpc) is 2.05. The molecule has 1 fully saturated rings. The summed E-state index contributed by atoms with van der Waals surface area (Å²) in [5.74, 6) is 0.271. The fourth-order valence-electron chi connectivity index (χ4n) is 1.68. The van der Waals surface area contributed by atoms with Gasteiger partial charge in [0.1, 0.15) is 0 Å². The highest BCUT2D eigenvalue weighted by Crippen LogP contribution is 2.23. The van der Waals surface area contributed by atoms with E-state index in [0.717, 1.165) is 25.7 Å². The molecule has 0 heterocycles. The lowest BCUT2D eigenvalue weighted by atomic mass is 9.96. The van der Waals surface area contributed by atoms with E-state index in [2.05, 4.69) is 0 Å². The second-order valence-corrected chi connectivity index (χ2v) is 6.06. The summed E-state index contributed by atoms with van der Waals surface area (Å²) in [6, 6.07) is 0.230. The molecule has 13 heavy (non-hydrogen) atoms. The van der Waals surface area contributed by atoms with Gasteiger partial charge >= 0.3 is 0 Å². The van der Waals surface area contributed by atoms with E-state index in [1.165, 1.54) is 0 Å². The minimum atomic E-state index is -2.80. The van der Waals surface area contributed by atoms with Gasteiger partial charge in [0.2, 0.25) is 0 Å². The molecular formula is C8H18ClNO2S. The smallest absolute Gasteiger partial charge is 0.152 e. The molecule has 1 rings (SSSR count). The van der Waals surface area contributed by atoms with Crippen LogP contribution in [-0.2, 0) is 9.84 Å². The van der Waals surface area contributed by atoms with Crippen molar-refractivity contribution in [2.24, 2.45) is 5.73 Å². The Kier molecular flexibility index (Phi) is 5.25. The molecule has 80 valence electrons. The average molecular weight is 228 g/mol.